The molecule has 0 unspecified atom stereocenters. The first-order chi connectivity index (χ1) is 10.6. The fourth-order valence-corrected chi connectivity index (χ4v) is 2.97. The minimum absolute atomic E-state index is 0.0624. The summed E-state index contributed by atoms with van der Waals surface area (Å²) in [4.78, 5) is 22.4. The first-order valence-corrected chi connectivity index (χ1v) is 7.33. The molecule has 116 valence electrons. The Labute approximate surface area is 132 Å². The van der Waals surface area contributed by atoms with Crippen LogP contribution in [0.3, 0.4) is 0 Å². The number of aliphatic hydroxyl groups excluding tert-OH is 1. The first kappa shape index (κ1) is 14.9. The van der Waals surface area contributed by atoms with Gasteiger partial charge in [-0.05, 0) is 6.42 Å². The third kappa shape index (κ3) is 2.82. The maximum absolute atomic E-state index is 12.5. The Bertz CT molecular complexity index is 656. The van der Waals surface area contributed by atoms with Crippen LogP contribution in [0.25, 0.3) is 0 Å². The second kappa shape index (κ2) is 6.02. The fourth-order valence-electron chi connectivity index (χ4n) is 2.73. The van der Waals surface area contributed by atoms with Crippen molar-refractivity contribution in [3.05, 3.63) is 41.2 Å². The third-order valence-corrected chi connectivity index (χ3v) is 4.15. The molecule has 2 aromatic rings. The van der Waals surface area contributed by atoms with Crippen LogP contribution in [0.5, 0.6) is 0 Å². The van der Waals surface area contributed by atoms with E-state index < -0.39 is 6.10 Å². The number of hydrogen-bond donors (Lipinski definition) is 1. The predicted octanol–water partition coefficient (Wildman–Crippen LogP) is 0.539. The molecule has 8 heteroatoms. The van der Waals surface area contributed by atoms with Gasteiger partial charge in [0.1, 0.15) is 5.69 Å². The van der Waals surface area contributed by atoms with Crippen molar-refractivity contribution in [2.45, 2.75) is 12.5 Å². The molecular weight excluding hydrogens is 306 g/mol. The van der Waals surface area contributed by atoms with E-state index in [4.69, 9.17) is 11.6 Å². The lowest BCUT2D eigenvalue weighted by atomic mass is 10.0. The molecule has 0 aliphatic carbocycles. The SMILES string of the molecule is Cn1ncc(Cl)c1C(=O)N1C[C@@H](Cc2cnccn2)[C@H](O)C1. The number of hydrogen-bond acceptors (Lipinski definition) is 5. The van der Waals surface area contributed by atoms with E-state index in [1.807, 2.05) is 0 Å². The van der Waals surface area contributed by atoms with Crippen molar-refractivity contribution >= 4 is 17.5 Å². The second-order valence-electron chi connectivity index (χ2n) is 5.40. The highest BCUT2D eigenvalue weighted by molar-refractivity contribution is 6.33. The number of amides is 1. The molecule has 0 bridgehead atoms. The van der Waals surface area contributed by atoms with Crippen LogP contribution < -0.4 is 0 Å². The van der Waals surface area contributed by atoms with Gasteiger partial charge in [0, 0.05) is 44.6 Å². The van der Waals surface area contributed by atoms with Gasteiger partial charge in [0.25, 0.3) is 5.91 Å². The van der Waals surface area contributed by atoms with Crippen LogP contribution in [0.15, 0.2) is 24.8 Å². The Morgan fingerprint density at radius 3 is 2.86 bits per heavy atom. The van der Waals surface area contributed by atoms with E-state index >= 15 is 0 Å². The number of β-amino-alcohol motifs (C(OH)–C–C–N with tert-alkyl or cyclic N) is 1. The van der Waals surface area contributed by atoms with Crippen molar-refractivity contribution in [1.82, 2.24) is 24.6 Å². The summed E-state index contributed by atoms with van der Waals surface area (Å²) in [6.07, 6.45) is 6.34. The van der Waals surface area contributed by atoms with Gasteiger partial charge < -0.3 is 10.0 Å². The lowest BCUT2D eigenvalue weighted by molar-refractivity contribution is 0.0754. The zero-order valence-corrected chi connectivity index (χ0v) is 12.8. The molecule has 3 heterocycles. The van der Waals surface area contributed by atoms with Crippen molar-refractivity contribution < 1.29 is 9.90 Å². The minimum Gasteiger partial charge on any atom is -0.391 e. The standard InChI is InChI=1S/C14H16ClN5O2/c1-19-13(11(15)6-18-19)14(22)20-7-9(12(21)8-20)4-10-5-16-2-3-17-10/h2-3,5-6,9,12,21H,4,7-8H2,1H3/t9-,12-/m1/s1. The zero-order valence-electron chi connectivity index (χ0n) is 12.1. The maximum atomic E-state index is 12.5. The van der Waals surface area contributed by atoms with Crippen molar-refractivity contribution in [2.24, 2.45) is 13.0 Å². The first-order valence-electron chi connectivity index (χ1n) is 6.96. The summed E-state index contributed by atoms with van der Waals surface area (Å²) in [5, 5.41) is 14.5. The van der Waals surface area contributed by atoms with Crippen LogP contribution in [0, 0.1) is 5.92 Å². The molecule has 1 aliphatic heterocycles. The van der Waals surface area contributed by atoms with Gasteiger partial charge in [-0.2, -0.15) is 5.10 Å². The number of aromatic nitrogens is 4. The number of halogens is 1. The lowest BCUT2D eigenvalue weighted by Crippen LogP contribution is -2.31. The van der Waals surface area contributed by atoms with E-state index in [1.54, 1.807) is 30.5 Å². The summed E-state index contributed by atoms with van der Waals surface area (Å²) < 4.78 is 1.45. The highest BCUT2D eigenvalue weighted by atomic mass is 35.5. The average molecular weight is 322 g/mol. The molecule has 2 atom stereocenters. The number of carbonyl (C=O) groups is 1. The van der Waals surface area contributed by atoms with Gasteiger partial charge in [0.2, 0.25) is 0 Å². The Morgan fingerprint density at radius 2 is 2.23 bits per heavy atom. The van der Waals surface area contributed by atoms with Crippen molar-refractivity contribution in [3.63, 3.8) is 0 Å². The lowest BCUT2D eigenvalue weighted by Gasteiger charge is -2.16. The highest BCUT2D eigenvalue weighted by Crippen LogP contribution is 2.24. The summed E-state index contributed by atoms with van der Waals surface area (Å²) >= 11 is 6.01. The molecule has 0 spiro atoms. The second-order valence-corrected chi connectivity index (χ2v) is 5.81. The quantitative estimate of drug-likeness (QED) is 0.892. The largest absolute Gasteiger partial charge is 0.391 e. The summed E-state index contributed by atoms with van der Waals surface area (Å²) in [6.45, 7) is 0.739. The molecule has 1 aliphatic rings. The van der Waals surface area contributed by atoms with Gasteiger partial charge in [-0.15, -0.1) is 0 Å². The highest BCUT2D eigenvalue weighted by Gasteiger charge is 2.36. The predicted molar refractivity (Wildman–Crippen MR) is 79.4 cm³/mol. The number of aryl methyl sites for hydroxylation is 1. The average Bonchev–Trinajstić information content (AvgIpc) is 3.03. The minimum atomic E-state index is -0.585. The molecule has 1 amide bonds. The van der Waals surface area contributed by atoms with E-state index in [9.17, 15) is 9.90 Å². The monoisotopic (exact) mass is 321 g/mol. The summed E-state index contributed by atoms with van der Waals surface area (Å²) in [6, 6.07) is 0. The van der Waals surface area contributed by atoms with E-state index in [1.165, 1.54) is 10.9 Å². The molecule has 2 aromatic heterocycles. The molecular formula is C14H16ClN5O2. The molecule has 0 radical (unpaired) electrons. The van der Waals surface area contributed by atoms with Crippen LogP contribution in [0.2, 0.25) is 5.02 Å². The Morgan fingerprint density at radius 1 is 1.41 bits per heavy atom. The Kier molecular flexibility index (Phi) is 4.08. The third-order valence-electron chi connectivity index (χ3n) is 3.88. The van der Waals surface area contributed by atoms with Gasteiger partial charge in [0.05, 0.1) is 23.0 Å². The van der Waals surface area contributed by atoms with Crippen LogP contribution >= 0.6 is 11.6 Å². The molecule has 1 fully saturated rings. The van der Waals surface area contributed by atoms with E-state index in [0.29, 0.717) is 23.7 Å². The molecule has 1 N–H and O–H groups in total. The topological polar surface area (TPSA) is 84.1 Å². The number of rotatable bonds is 3. The van der Waals surface area contributed by atoms with Gasteiger partial charge >= 0.3 is 0 Å². The van der Waals surface area contributed by atoms with Crippen molar-refractivity contribution in [3.8, 4) is 0 Å². The number of carbonyl (C=O) groups excluding carboxylic acids is 1. The van der Waals surface area contributed by atoms with E-state index in [2.05, 4.69) is 15.1 Å². The van der Waals surface area contributed by atoms with Gasteiger partial charge in [-0.3, -0.25) is 19.4 Å². The summed E-state index contributed by atoms with van der Waals surface area (Å²) in [7, 11) is 1.67. The zero-order chi connectivity index (χ0) is 15.7. The molecule has 0 aromatic carbocycles. The number of likely N-dealkylation sites (tertiary alicyclic amines) is 1. The van der Waals surface area contributed by atoms with Gasteiger partial charge in [-0.25, -0.2) is 0 Å². The molecule has 3 rings (SSSR count). The number of aliphatic hydroxyl groups is 1. The van der Waals surface area contributed by atoms with Crippen LogP contribution in [-0.2, 0) is 13.5 Å². The fraction of sp³-hybridized carbons (Fsp3) is 0.429. The smallest absolute Gasteiger partial charge is 0.273 e. The molecule has 22 heavy (non-hydrogen) atoms. The van der Waals surface area contributed by atoms with Crippen molar-refractivity contribution in [1.29, 1.82) is 0 Å². The van der Waals surface area contributed by atoms with E-state index in [0.717, 1.165) is 5.69 Å². The van der Waals surface area contributed by atoms with Crippen LogP contribution in [0.1, 0.15) is 16.2 Å². The normalized spacial score (nSPS) is 21.3. The summed E-state index contributed by atoms with van der Waals surface area (Å²) in [5.74, 6) is -0.279. The summed E-state index contributed by atoms with van der Waals surface area (Å²) in [5.41, 5.74) is 1.15. The maximum Gasteiger partial charge on any atom is 0.273 e. The molecule has 1 saturated heterocycles. The Hall–Kier alpha value is -1.99. The number of nitrogens with zero attached hydrogens (tertiary/aromatic N) is 5. The van der Waals surface area contributed by atoms with Gasteiger partial charge in [-0.1, -0.05) is 11.6 Å². The van der Waals surface area contributed by atoms with Crippen LogP contribution in [-0.4, -0.2) is 54.9 Å². The van der Waals surface area contributed by atoms with E-state index in [-0.39, 0.29) is 18.4 Å². The Balaban J connectivity index is 1.72. The van der Waals surface area contributed by atoms with Gasteiger partial charge in [0.15, 0.2) is 0 Å². The van der Waals surface area contributed by atoms with Crippen molar-refractivity contribution in [2.75, 3.05) is 13.1 Å². The molecule has 7 nitrogen and oxygen atoms in total. The van der Waals surface area contributed by atoms with Crippen LogP contribution in [0.4, 0.5) is 0 Å². The molecule has 0 saturated carbocycles.